The fourth-order valence-corrected chi connectivity index (χ4v) is 2.76. The Morgan fingerprint density at radius 1 is 0.821 bits per heavy atom. The van der Waals surface area contributed by atoms with Crippen LogP contribution in [0.25, 0.3) is 0 Å². The van der Waals surface area contributed by atoms with Gasteiger partial charge in [-0.3, -0.25) is 9.59 Å². The summed E-state index contributed by atoms with van der Waals surface area (Å²) in [5, 5.41) is 0. The number of hydrogen-bond donors (Lipinski definition) is 0. The fourth-order valence-electron chi connectivity index (χ4n) is 2.76. The van der Waals surface area contributed by atoms with Crippen LogP contribution in [0.5, 0.6) is 0 Å². The summed E-state index contributed by atoms with van der Waals surface area (Å²) in [5.74, 6) is -2.42. The van der Waals surface area contributed by atoms with Crippen molar-refractivity contribution in [3.63, 3.8) is 0 Å². The second kappa shape index (κ2) is 7.56. The van der Waals surface area contributed by atoms with Gasteiger partial charge in [0.25, 0.3) is 0 Å². The third kappa shape index (κ3) is 4.20. The molecule has 1 heterocycles. The van der Waals surface area contributed by atoms with E-state index >= 15 is 0 Å². The summed E-state index contributed by atoms with van der Waals surface area (Å²) in [7, 11) is 0. The van der Waals surface area contributed by atoms with E-state index in [9.17, 15) is 9.59 Å². The summed E-state index contributed by atoms with van der Waals surface area (Å²) in [6.45, 7) is 6.97. The molecule has 0 radical (unpaired) electrons. The smallest absolute Gasteiger partial charge is 0.294 e. The average molecular weight is 384 g/mol. The van der Waals surface area contributed by atoms with Crippen LogP contribution < -0.4 is 0 Å². The van der Waals surface area contributed by atoms with E-state index in [1.54, 1.807) is 82.3 Å². The topological polar surface area (TPSA) is 77.7 Å². The summed E-state index contributed by atoms with van der Waals surface area (Å²) in [6.07, 6.45) is -0.175. The third-order valence-electron chi connectivity index (χ3n) is 4.35. The van der Waals surface area contributed by atoms with E-state index in [2.05, 4.69) is 0 Å². The Bertz CT molecular complexity index is 836. The first-order chi connectivity index (χ1) is 13.2. The van der Waals surface area contributed by atoms with Crippen molar-refractivity contribution in [1.29, 1.82) is 0 Å². The number of benzene rings is 2. The lowest BCUT2D eigenvalue weighted by Gasteiger charge is -2.32. The van der Waals surface area contributed by atoms with Gasteiger partial charge in [-0.25, -0.2) is 9.78 Å². The van der Waals surface area contributed by atoms with Crippen LogP contribution in [0.3, 0.4) is 0 Å². The van der Waals surface area contributed by atoms with Gasteiger partial charge < -0.3 is 0 Å². The molecule has 6 heteroatoms. The predicted octanol–water partition coefficient (Wildman–Crippen LogP) is 4.31. The minimum Gasteiger partial charge on any atom is -0.294 e. The summed E-state index contributed by atoms with van der Waals surface area (Å²) in [6, 6.07) is 17.3. The quantitative estimate of drug-likeness (QED) is 0.292. The molecule has 0 bridgehead atoms. The molecule has 148 valence electrons. The number of rotatable bonds is 8. The monoisotopic (exact) mass is 384 g/mol. The Labute approximate surface area is 164 Å². The minimum absolute atomic E-state index is 0.175. The Hall–Kier alpha value is -2.38. The average Bonchev–Trinajstić information content (AvgIpc) is 3.49. The number of carbonyl (C=O) groups excluding carboxylic acids is 2. The molecule has 0 N–H and O–H groups in total. The van der Waals surface area contributed by atoms with E-state index < -0.39 is 22.8 Å². The maximum atomic E-state index is 13.1. The second-order valence-electron chi connectivity index (χ2n) is 7.95. The van der Waals surface area contributed by atoms with Gasteiger partial charge in [0.1, 0.15) is 0 Å². The highest BCUT2D eigenvalue weighted by atomic mass is 17.4. The Morgan fingerprint density at radius 2 is 1.32 bits per heavy atom. The molecular weight excluding hydrogens is 360 g/mol. The van der Waals surface area contributed by atoms with Gasteiger partial charge in [-0.2, -0.15) is 9.78 Å². The van der Waals surface area contributed by atoms with Gasteiger partial charge in [0.15, 0.2) is 11.4 Å². The molecule has 2 aromatic rings. The molecular formula is C22H24O6. The Balaban J connectivity index is 1.92. The van der Waals surface area contributed by atoms with E-state index in [0.29, 0.717) is 11.1 Å². The number of ketones is 2. The summed E-state index contributed by atoms with van der Waals surface area (Å²) < 4.78 is 0. The first-order valence-corrected chi connectivity index (χ1v) is 9.09. The van der Waals surface area contributed by atoms with Crippen molar-refractivity contribution in [2.75, 3.05) is 0 Å². The van der Waals surface area contributed by atoms with Gasteiger partial charge in [-0.15, -0.1) is 0 Å². The van der Waals surface area contributed by atoms with Crippen molar-refractivity contribution in [3.8, 4) is 0 Å². The van der Waals surface area contributed by atoms with Crippen molar-refractivity contribution in [3.05, 3.63) is 71.8 Å². The number of carbonyl (C=O) groups is 2. The molecule has 0 spiro atoms. The van der Waals surface area contributed by atoms with Crippen molar-refractivity contribution < 1.29 is 29.1 Å². The molecule has 28 heavy (non-hydrogen) atoms. The van der Waals surface area contributed by atoms with Crippen molar-refractivity contribution in [2.24, 2.45) is 0 Å². The van der Waals surface area contributed by atoms with E-state index in [1.165, 1.54) is 0 Å². The van der Waals surface area contributed by atoms with Gasteiger partial charge in [-0.05, 0) is 27.7 Å². The van der Waals surface area contributed by atoms with E-state index in [-0.39, 0.29) is 12.2 Å². The molecule has 1 aliphatic rings. The zero-order valence-electron chi connectivity index (χ0n) is 16.4. The molecule has 0 amide bonds. The van der Waals surface area contributed by atoms with E-state index in [4.69, 9.17) is 19.6 Å². The van der Waals surface area contributed by atoms with Crippen molar-refractivity contribution in [2.45, 2.75) is 51.1 Å². The van der Waals surface area contributed by atoms with Crippen LogP contribution in [0.2, 0.25) is 0 Å². The lowest BCUT2D eigenvalue weighted by molar-refractivity contribution is -0.408. The maximum absolute atomic E-state index is 13.1. The molecule has 2 aromatic carbocycles. The van der Waals surface area contributed by atoms with Crippen LogP contribution in [-0.4, -0.2) is 28.6 Å². The summed E-state index contributed by atoms with van der Waals surface area (Å²) >= 11 is 0. The highest BCUT2D eigenvalue weighted by molar-refractivity contribution is 6.04. The van der Waals surface area contributed by atoms with Gasteiger partial charge in [0.05, 0.1) is 5.60 Å². The molecule has 1 aliphatic heterocycles. The molecule has 1 fully saturated rings. The SMILES string of the molecule is CC(C)(C)OOC(C)(CC(=O)c1ccccc1)C1(C(=O)c2ccccc2)OO1. The molecule has 0 saturated carbocycles. The van der Waals surface area contributed by atoms with Crippen LogP contribution in [0.1, 0.15) is 54.8 Å². The number of hydrogen-bond acceptors (Lipinski definition) is 6. The highest BCUT2D eigenvalue weighted by Gasteiger charge is 2.71. The van der Waals surface area contributed by atoms with Crippen molar-refractivity contribution >= 4 is 11.6 Å². The predicted molar refractivity (Wildman–Crippen MR) is 101 cm³/mol. The Morgan fingerprint density at radius 3 is 1.79 bits per heavy atom. The van der Waals surface area contributed by atoms with Crippen LogP contribution in [0.15, 0.2) is 60.7 Å². The first kappa shape index (κ1) is 20.4. The summed E-state index contributed by atoms with van der Waals surface area (Å²) in [4.78, 5) is 47.5. The van der Waals surface area contributed by atoms with Crippen LogP contribution in [0.4, 0.5) is 0 Å². The molecule has 1 unspecified atom stereocenters. The normalized spacial score (nSPS) is 17.6. The van der Waals surface area contributed by atoms with Crippen LogP contribution in [0, 0.1) is 0 Å². The van der Waals surface area contributed by atoms with Gasteiger partial charge in [-0.1, -0.05) is 60.7 Å². The van der Waals surface area contributed by atoms with E-state index in [0.717, 1.165) is 0 Å². The molecule has 6 nitrogen and oxygen atoms in total. The van der Waals surface area contributed by atoms with Gasteiger partial charge >= 0.3 is 5.79 Å². The number of Topliss-reactive ketones (excluding diaryl/α,β-unsaturated/α-hetero) is 2. The van der Waals surface area contributed by atoms with Crippen LogP contribution >= 0.6 is 0 Å². The lowest BCUT2D eigenvalue weighted by Crippen LogP contribution is -2.52. The zero-order valence-corrected chi connectivity index (χ0v) is 16.4. The molecule has 1 atom stereocenters. The highest BCUT2D eigenvalue weighted by Crippen LogP contribution is 2.48. The molecule has 1 saturated heterocycles. The summed E-state index contributed by atoms with van der Waals surface area (Å²) in [5.41, 5.74) is -1.28. The molecule has 0 aliphatic carbocycles. The largest absolute Gasteiger partial charge is 0.327 e. The second-order valence-corrected chi connectivity index (χ2v) is 7.95. The molecule has 3 rings (SSSR count). The molecule has 0 aromatic heterocycles. The van der Waals surface area contributed by atoms with E-state index in [1.807, 2.05) is 6.07 Å². The fraction of sp³-hybridized carbons (Fsp3) is 0.364. The standard InChI is InChI=1S/C22H24O6/c1-20(2,3)25-26-21(4,15-18(23)16-11-7-5-8-12-16)22(27-28-22)19(24)17-13-9-6-10-14-17/h5-14H,15H2,1-4H3. The Kier molecular flexibility index (Phi) is 5.50. The van der Waals surface area contributed by atoms with Gasteiger partial charge in [0, 0.05) is 17.5 Å². The maximum Gasteiger partial charge on any atom is 0.327 e. The van der Waals surface area contributed by atoms with Crippen molar-refractivity contribution in [1.82, 2.24) is 0 Å². The van der Waals surface area contributed by atoms with Crippen LogP contribution in [-0.2, 0) is 19.6 Å². The minimum atomic E-state index is -1.76. The zero-order chi connectivity index (χ0) is 20.4. The first-order valence-electron chi connectivity index (χ1n) is 9.09. The van der Waals surface area contributed by atoms with Gasteiger partial charge in [0.2, 0.25) is 5.78 Å². The third-order valence-corrected chi connectivity index (χ3v) is 4.35. The lowest BCUT2D eigenvalue weighted by atomic mass is 9.84.